The monoisotopic (exact) mass is 209 g/mol. The van der Waals surface area contributed by atoms with Crippen LogP contribution in [0.5, 0.6) is 0 Å². The molecular formula is C5H14Cl3NO. The van der Waals surface area contributed by atoms with Crippen LogP contribution in [0, 0.1) is 0 Å². The Kier molecular flexibility index (Phi) is 16.7. The van der Waals surface area contributed by atoms with Gasteiger partial charge >= 0.3 is 0 Å². The zero-order chi connectivity index (χ0) is 5.11. The van der Waals surface area contributed by atoms with Gasteiger partial charge in [-0.2, -0.15) is 0 Å². The van der Waals surface area contributed by atoms with Crippen LogP contribution in [0.25, 0.3) is 0 Å². The molecule has 0 amide bonds. The lowest BCUT2D eigenvalue weighted by molar-refractivity contribution is 0.142. The lowest BCUT2D eigenvalue weighted by atomic mass is 10.1. The molecule has 1 heterocycles. The second-order valence-electron chi connectivity index (χ2n) is 2.00. The van der Waals surface area contributed by atoms with Crippen LogP contribution in [0.1, 0.15) is 12.8 Å². The van der Waals surface area contributed by atoms with E-state index in [0.717, 1.165) is 25.9 Å². The first-order valence-electron chi connectivity index (χ1n) is 2.78. The van der Waals surface area contributed by atoms with Crippen molar-refractivity contribution in [3.05, 3.63) is 0 Å². The Labute approximate surface area is 80.0 Å². The van der Waals surface area contributed by atoms with Gasteiger partial charge in [-0.05, 0) is 19.4 Å². The second-order valence-corrected chi connectivity index (χ2v) is 2.00. The van der Waals surface area contributed by atoms with Crippen molar-refractivity contribution in [1.29, 1.82) is 0 Å². The smallest absolute Gasteiger partial charge is 0.0665 e. The van der Waals surface area contributed by atoms with E-state index < -0.39 is 0 Å². The number of halogens is 3. The number of β-amino-alcohol motifs (C(OH)–C–C–N with tert-alkyl or cyclic N) is 1. The number of hydrogen-bond acceptors (Lipinski definition) is 2. The Morgan fingerprint density at radius 1 is 1.20 bits per heavy atom. The molecule has 1 aliphatic heterocycles. The Morgan fingerprint density at radius 2 is 1.80 bits per heavy atom. The molecule has 0 aromatic heterocycles. The maximum Gasteiger partial charge on any atom is 0.0665 e. The largest absolute Gasteiger partial charge is 0.392 e. The Bertz CT molecular complexity index is 58.9. The van der Waals surface area contributed by atoms with E-state index in [9.17, 15) is 0 Å². The molecule has 1 atom stereocenters. The third kappa shape index (κ3) is 6.90. The molecule has 10 heavy (non-hydrogen) atoms. The summed E-state index contributed by atoms with van der Waals surface area (Å²) < 4.78 is 0. The molecule has 66 valence electrons. The maximum atomic E-state index is 8.85. The van der Waals surface area contributed by atoms with Crippen LogP contribution in [0.15, 0.2) is 0 Å². The first kappa shape index (κ1) is 17.0. The molecule has 0 bridgehead atoms. The van der Waals surface area contributed by atoms with Crippen LogP contribution >= 0.6 is 37.2 Å². The standard InChI is InChI=1S/C5H11NO.3ClH/c7-5-2-1-3-6-4-5;;;/h5-7H,1-4H2;3*1H. The van der Waals surface area contributed by atoms with Crippen LogP contribution in [0.2, 0.25) is 0 Å². The molecule has 1 unspecified atom stereocenters. The second kappa shape index (κ2) is 9.79. The normalized spacial score (nSPS) is 23.1. The molecule has 1 rings (SSSR count). The van der Waals surface area contributed by atoms with Crippen molar-refractivity contribution >= 4 is 37.2 Å². The zero-order valence-electron chi connectivity index (χ0n) is 5.58. The van der Waals surface area contributed by atoms with E-state index in [0.29, 0.717) is 0 Å². The van der Waals surface area contributed by atoms with Crippen LogP contribution in [0.3, 0.4) is 0 Å². The average Bonchev–Trinajstić information content (AvgIpc) is 1.69. The minimum Gasteiger partial charge on any atom is -0.392 e. The molecule has 5 heteroatoms. The third-order valence-electron chi connectivity index (χ3n) is 1.27. The summed E-state index contributed by atoms with van der Waals surface area (Å²) in [5, 5.41) is 11.9. The zero-order valence-corrected chi connectivity index (χ0v) is 8.03. The van der Waals surface area contributed by atoms with Crippen molar-refractivity contribution in [3.8, 4) is 0 Å². The van der Waals surface area contributed by atoms with Crippen molar-refractivity contribution in [2.45, 2.75) is 18.9 Å². The number of aliphatic hydroxyl groups excluding tert-OH is 1. The van der Waals surface area contributed by atoms with Crippen molar-refractivity contribution in [1.82, 2.24) is 5.32 Å². The predicted molar refractivity (Wildman–Crippen MR) is 49.9 cm³/mol. The van der Waals surface area contributed by atoms with Crippen LogP contribution in [-0.4, -0.2) is 24.3 Å². The number of piperidine rings is 1. The highest BCUT2D eigenvalue weighted by atomic mass is 35.5. The number of hydrogen-bond donors (Lipinski definition) is 2. The fourth-order valence-electron chi connectivity index (χ4n) is 0.833. The highest BCUT2D eigenvalue weighted by Crippen LogP contribution is 1.98. The molecule has 1 fully saturated rings. The van der Waals surface area contributed by atoms with Crippen molar-refractivity contribution < 1.29 is 5.11 Å². The summed E-state index contributed by atoms with van der Waals surface area (Å²) in [6.07, 6.45) is 2.03. The van der Waals surface area contributed by atoms with Gasteiger partial charge in [-0.1, -0.05) is 0 Å². The first-order chi connectivity index (χ1) is 3.39. The topological polar surface area (TPSA) is 32.3 Å². The number of nitrogens with one attached hydrogen (secondary N) is 1. The summed E-state index contributed by atoms with van der Waals surface area (Å²) in [4.78, 5) is 0. The lowest BCUT2D eigenvalue weighted by Crippen LogP contribution is -2.33. The van der Waals surface area contributed by atoms with Crippen molar-refractivity contribution in [3.63, 3.8) is 0 Å². The van der Waals surface area contributed by atoms with E-state index in [4.69, 9.17) is 5.11 Å². The van der Waals surface area contributed by atoms with Gasteiger partial charge in [-0.15, -0.1) is 37.2 Å². The molecule has 1 aliphatic rings. The lowest BCUT2D eigenvalue weighted by Gasteiger charge is -2.16. The minimum atomic E-state index is -0.0752. The molecule has 2 N–H and O–H groups in total. The Morgan fingerprint density at radius 3 is 2.00 bits per heavy atom. The van der Waals surface area contributed by atoms with Gasteiger partial charge in [0.2, 0.25) is 0 Å². The van der Waals surface area contributed by atoms with E-state index in [1.54, 1.807) is 0 Å². The van der Waals surface area contributed by atoms with E-state index in [1.807, 2.05) is 0 Å². The van der Waals surface area contributed by atoms with Gasteiger partial charge in [-0.25, -0.2) is 0 Å². The fraction of sp³-hybridized carbons (Fsp3) is 1.00. The first-order valence-corrected chi connectivity index (χ1v) is 2.78. The van der Waals surface area contributed by atoms with Gasteiger partial charge in [0.25, 0.3) is 0 Å². The summed E-state index contributed by atoms with van der Waals surface area (Å²) >= 11 is 0. The summed E-state index contributed by atoms with van der Waals surface area (Å²) in [6, 6.07) is 0. The summed E-state index contributed by atoms with van der Waals surface area (Å²) in [7, 11) is 0. The summed E-state index contributed by atoms with van der Waals surface area (Å²) in [5.74, 6) is 0. The van der Waals surface area contributed by atoms with Gasteiger partial charge in [0, 0.05) is 6.54 Å². The number of rotatable bonds is 0. The van der Waals surface area contributed by atoms with Gasteiger partial charge in [-0.3, -0.25) is 0 Å². The van der Waals surface area contributed by atoms with Gasteiger partial charge in [0.05, 0.1) is 6.10 Å². The van der Waals surface area contributed by atoms with Crippen molar-refractivity contribution in [2.24, 2.45) is 0 Å². The molecule has 0 radical (unpaired) electrons. The molecule has 0 saturated carbocycles. The Balaban J connectivity index is -0.000000163. The average molecular weight is 211 g/mol. The molecule has 0 aromatic carbocycles. The molecule has 2 nitrogen and oxygen atoms in total. The van der Waals surface area contributed by atoms with E-state index in [-0.39, 0.29) is 43.3 Å². The third-order valence-corrected chi connectivity index (χ3v) is 1.27. The molecular weight excluding hydrogens is 196 g/mol. The van der Waals surface area contributed by atoms with E-state index in [1.165, 1.54) is 0 Å². The molecule has 0 aromatic rings. The SMILES string of the molecule is Cl.Cl.Cl.OC1CCCNC1. The number of aliphatic hydroxyl groups is 1. The highest BCUT2D eigenvalue weighted by Gasteiger charge is 2.06. The highest BCUT2D eigenvalue weighted by molar-refractivity contribution is 5.86. The van der Waals surface area contributed by atoms with E-state index in [2.05, 4.69) is 5.32 Å². The molecule has 0 spiro atoms. The van der Waals surface area contributed by atoms with Gasteiger partial charge in [0.15, 0.2) is 0 Å². The predicted octanol–water partition coefficient (Wildman–Crippen LogP) is 0.996. The quantitative estimate of drug-likeness (QED) is 0.625. The molecule has 0 aliphatic carbocycles. The Hall–Kier alpha value is 0.790. The maximum absolute atomic E-state index is 8.85. The van der Waals surface area contributed by atoms with Crippen molar-refractivity contribution in [2.75, 3.05) is 13.1 Å². The van der Waals surface area contributed by atoms with Crippen LogP contribution in [0.4, 0.5) is 0 Å². The van der Waals surface area contributed by atoms with E-state index >= 15 is 0 Å². The molecule has 1 saturated heterocycles. The summed E-state index contributed by atoms with van der Waals surface area (Å²) in [5.41, 5.74) is 0. The fourth-order valence-corrected chi connectivity index (χ4v) is 0.833. The van der Waals surface area contributed by atoms with Gasteiger partial charge in [0.1, 0.15) is 0 Å². The minimum absolute atomic E-state index is 0. The summed E-state index contributed by atoms with van der Waals surface area (Å²) in [6.45, 7) is 1.87. The van der Waals surface area contributed by atoms with Crippen LogP contribution in [-0.2, 0) is 0 Å². The van der Waals surface area contributed by atoms with Crippen LogP contribution < -0.4 is 5.32 Å². The van der Waals surface area contributed by atoms with Gasteiger partial charge < -0.3 is 10.4 Å².